The van der Waals surface area contributed by atoms with Crippen molar-refractivity contribution in [2.75, 3.05) is 0 Å². The van der Waals surface area contributed by atoms with E-state index in [1.807, 2.05) is 60.8 Å². The lowest BCUT2D eigenvalue weighted by Gasteiger charge is -2.09. The second kappa shape index (κ2) is 8.04. The molecule has 140 valence electrons. The molecular weight excluding hydrogens is 386 g/mol. The molecule has 0 atom stereocenters. The number of aromatic nitrogens is 1. The highest BCUT2D eigenvalue weighted by molar-refractivity contribution is 7.15. The fourth-order valence-corrected chi connectivity index (χ4v) is 4.61. The van der Waals surface area contributed by atoms with E-state index in [1.54, 1.807) is 22.7 Å². The zero-order valence-electron chi connectivity index (χ0n) is 15.6. The Bertz CT molecular complexity index is 1160. The highest BCUT2D eigenvalue weighted by Crippen LogP contribution is 2.29. The van der Waals surface area contributed by atoms with Crippen molar-refractivity contribution >= 4 is 45.2 Å². The number of rotatable bonds is 5. The van der Waals surface area contributed by atoms with E-state index >= 15 is 0 Å². The number of hydrogen-bond acceptors (Lipinski definition) is 5. The zero-order valence-corrected chi connectivity index (χ0v) is 17.2. The van der Waals surface area contributed by atoms with E-state index in [-0.39, 0.29) is 5.91 Å². The zero-order chi connectivity index (χ0) is 19.5. The van der Waals surface area contributed by atoms with Crippen LogP contribution in [-0.4, -0.2) is 16.6 Å². The third-order valence-electron chi connectivity index (χ3n) is 4.39. The smallest absolute Gasteiger partial charge is 0.267 e. The lowest BCUT2D eigenvalue weighted by molar-refractivity contribution is 0.0956. The minimum atomic E-state index is -0.226. The molecule has 1 aromatic carbocycles. The maximum absolute atomic E-state index is 13.0. The van der Waals surface area contributed by atoms with Crippen LogP contribution in [0.5, 0.6) is 0 Å². The van der Waals surface area contributed by atoms with E-state index in [0.29, 0.717) is 5.56 Å². The molecule has 4 rings (SSSR count). The van der Waals surface area contributed by atoms with Crippen LogP contribution in [0.15, 0.2) is 65.1 Å². The standard InChI is InChI=1S/C22H19N3OS2/c1-3-17(20-9-6-12-27-20)24-25-22(26)16-13-19(21-11-10-14(2)28-21)23-18-8-5-4-7-15(16)18/h4-13H,3H2,1-2H3,(H,25,26)/b24-17-. The number of hydrazone groups is 1. The van der Waals surface area contributed by atoms with Gasteiger partial charge in [0.15, 0.2) is 0 Å². The van der Waals surface area contributed by atoms with Gasteiger partial charge in [0.2, 0.25) is 0 Å². The molecular formula is C22H19N3OS2. The first kappa shape index (κ1) is 18.5. The second-order valence-corrected chi connectivity index (χ2v) is 8.55. The van der Waals surface area contributed by atoms with Crippen LogP contribution in [0, 0.1) is 6.92 Å². The summed E-state index contributed by atoms with van der Waals surface area (Å²) < 4.78 is 0. The lowest BCUT2D eigenvalue weighted by Crippen LogP contribution is -2.20. The van der Waals surface area contributed by atoms with Gasteiger partial charge in [0.05, 0.1) is 32.2 Å². The van der Waals surface area contributed by atoms with E-state index in [4.69, 9.17) is 4.98 Å². The maximum atomic E-state index is 13.0. The number of para-hydroxylation sites is 1. The summed E-state index contributed by atoms with van der Waals surface area (Å²) in [7, 11) is 0. The van der Waals surface area contributed by atoms with E-state index < -0.39 is 0 Å². The first-order chi connectivity index (χ1) is 13.7. The molecule has 0 radical (unpaired) electrons. The molecule has 4 nitrogen and oxygen atoms in total. The Morgan fingerprint density at radius 2 is 2.00 bits per heavy atom. The van der Waals surface area contributed by atoms with Crippen molar-refractivity contribution in [1.29, 1.82) is 0 Å². The average molecular weight is 406 g/mol. The number of benzene rings is 1. The van der Waals surface area contributed by atoms with E-state index in [2.05, 4.69) is 23.5 Å². The van der Waals surface area contributed by atoms with Gasteiger partial charge in [-0.3, -0.25) is 4.79 Å². The minimum absolute atomic E-state index is 0.226. The predicted molar refractivity (Wildman–Crippen MR) is 118 cm³/mol. The Hall–Kier alpha value is -2.83. The first-order valence-corrected chi connectivity index (χ1v) is 10.7. The van der Waals surface area contributed by atoms with Gasteiger partial charge < -0.3 is 0 Å². The quantitative estimate of drug-likeness (QED) is 0.333. The summed E-state index contributed by atoms with van der Waals surface area (Å²) in [6.07, 6.45) is 0.748. The summed E-state index contributed by atoms with van der Waals surface area (Å²) in [6.45, 7) is 4.10. The number of nitrogens with zero attached hydrogens (tertiary/aromatic N) is 2. The summed E-state index contributed by atoms with van der Waals surface area (Å²) in [4.78, 5) is 21.1. The van der Waals surface area contributed by atoms with E-state index in [1.165, 1.54) is 4.88 Å². The van der Waals surface area contributed by atoms with Gasteiger partial charge in [-0.15, -0.1) is 22.7 Å². The maximum Gasteiger partial charge on any atom is 0.272 e. The molecule has 1 N–H and O–H groups in total. The molecule has 1 amide bonds. The Balaban J connectivity index is 1.73. The Labute approximate surface area is 171 Å². The summed E-state index contributed by atoms with van der Waals surface area (Å²) in [6, 6.07) is 17.7. The lowest BCUT2D eigenvalue weighted by atomic mass is 10.1. The number of nitrogens with one attached hydrogen (secondary N) is 1. The molecule has 0 fully saturated rings. The molecule has 0 aliphatic heterocycles. The van der Waals surface area contributed by atoms with Crippen molar-refractivity contribution in [3.05, 3.63) is 75.3 Å². The molecule has 28 heavy (non-hydrogen) atoms. The van der Waals surface area contributed by atoms with Gasteiger partial charge in [0.25, 0.3) is 5.91 Å². The Morgan fingerprint density at radius 1 is 1.14 bits per heavy atom. The Morgan fingerprint density at radius 3 is 2.71 bits per heavy atom. The summed E-state index contributed by atoms with van der Waals surface area (Å²) in [5, 5.41) is 7.21. The number of hydrogen-bond donors (Lipinski definition) is 1. The third-order valence-corrected chi connectivity index (χ3v) is 6.33. The number of pyridine rings is 1. The van der Waals surface area contributed by atoms with Gasteiger partial charge >= 0.3 is 0 Å². The van der Waals surface area contributed by atoms with Crippen LogP contribution in [0.25, 0.3) is 21.5 Å². The number of aryl methyl sites for hydroxylation is 1. The van der Waals surface area contributed by atoms with Crippen LogP contribution in [0.4, 0.5) is 0 Å². The van der Waals surface area contributed by atoms with Gasteiger partial charge in [0, 0.05) is 10.3 Å². The van der Waals surface area contributed by atoms with Crippen LogP contribution in [0.2, 0.25) is 0 Å². The van der Waals surface area contributed by atoms with Gasteiger partial charge in [0.1, 0.15) is 0 Å². The molecule has 0 unspecified atom stereocenters. The SMILES string of the molecule is CC/C(=N/NC(=O)c1cc(-c2ccc(C)s2)nc2ccccc12)c1cccs1. The number of carbonyl (C=O) groups is 1. The van der Waals surface area contributed by atoms with Gasteiger partial charge in [-0.25, -0.2) is 10.4 Å². The molecule has 0 aliphatic rings. The van der Waals surface area contributed by atoms with Crippen molar-refractivity contribution in [2.45, 2.75) is 20.3 Å². The highest BCUT2D eigenvalue weighted by atomic mass is 32.1. The fourth-order valence-electron chi connectivity index (χ4n) is 2.99. The molecule has 0 bridgehead atoms. The molecule has 0 spiro atoms. The average Bonchev–Trinajstić information content (AvgIpc) is 3.39. The van der Waals surface area contributed by atoms with Crippen LogP contribution in [0.3, 0.4) is 0 Å². The Kier molecular flexibility index (Phi) is 5.32. The second-order valence-electron chi connectivity index (χ2n) is 6.31. The number of thiophene rings is 2. The van der Waals surface area contributed by atoms with Gasteiger partial charge in [-0.1, -0.05) is 31.2 Å². The molecule has 0 saturated heterocycles. The van der Waals surface area contributed by atoms with Crippen molar-refractivity contribution in [3.8, 4) is 10.6 Å². The largest absolute Gasteiger partial charge is 0.272 e. The van der Waals surface area contributed by atoms with E-state index in [9.17, 15) is 4.79 Å². The molecule has 0 aliphatic carbocycles. The van der Waals surface area contributed by atoms with Crippen molar-refractivity contribution in [2.24, 2.45) is 5.10 Å². The topological polar surface area (TPSA) is 54.4 Å². The fraction of sp³-hybridized carbons (Fsp3) is 0.136. The van der Waals surface area contributed by atoms with E-state index in [0.717, 1.165) is 38.5 Å². The third kappa shape index (κ3) is 3.74. The number of carbonyl (C=O) groups excluding carboxylic acids is 1. The molecule has 4 aromatic rings. The number of amides is 1. The predicted octanol–water partition coefficient (Wildman–Crippen LogP) is 5.88. The summed E-state index contributed by atoms with van der Waals surface area (Å²) >= 11 is 3.29. The molecule has 6 heteroatoms. The van der Waals surface area contributed by atoms with Gasteiger partial charge in [-0.05, 0) is 49.1 Å². The first-order valence-electron chi connectivity index (χ1n) is 9.03. The normalized spacial score (nSPS) is 11.7. The molecule has 3 heterocycles. The summed E-state index contributed by atoms with van der Waals surface area (Å²) in [5.74, 6) is -0.226. The minimum Gasteiger partial charge on any atom is -0.267 e. The van der Waals surface area contributed by atoms with Crippen LogP contribution < -0.4 is 5.43 Å². The molecule has 3 aromatic heterocycles. The van der Waals surface area contributed by atoms with Crippen molar-refractivity contribution < 1.29 is 4.79 Å². The van der Waals surface area contributed by atoms with Crippen LogP contribution in [0.1, 0.15) is 33.5 Å². The summed E-state index contributed by atoms with van der Waals surface area (Å²) in [5.41, 5.74) is 5.80. The van der Waals surface area contributed by atoms with Crippen LogP contribution in [-0.2, 0) is 0 Å². The van der Waals surface area contributed by atoms with Crippen LogP contribution >= 0.6 is 22.7 Å². The van der Waals surface area contributed by atoms with Crippen molar-refractivity contribution in [1.82, 2.24) is 10.4 Å². The monoisotopic (exact) mass is 405 g/mol. The molecule has 0 saturated carbocycles. The van der Waals surface area contributed by atoms with Gasteiger partial charge in [-0.2, -0.15) is 5.10 Å². The highest BCUT2D eigenvalue weighted by Gasteiger charge is 2.15. The number of fused-ring (bicyclic) bond motifs is 1. The van der Waals surface area contributed by atoms with Crippen molar-refractivity contribution in [3.63, 3.8) is 0 Å².